The summed E-state index contributed by atoms with van der Waals surface area (Å²) in [5, 5.41) is 3.16. The topological polar surface area (TPSA) is 58.6 Å². The zero-order chi connectivity index (χ0) is 15.0. The van der Waals surface area contributed by atoms with E-state index in [4.69, 9.17) is 4.74 Å². The summed E-state index contributed by atoms with van der Waals surface area (Å²) in [7, 11) is -2.38. The van der Waals surface area contributed by atoms with E-state index in [1.165, 1.54) is 23.5 Å². The molecule has 112 valence electrons. The van der Waals surface area contributed by atoms with Gasteiger partial charge in [-0.2, -0.15) is 4.31 Å². The summed E-state index contributed by atoms with van der Waals surface area (Å²) in [6, 6.07) is 3.71. The predicted octanol–water partition coefficient (Wildman–Crippen LogP) is 1.21. The van der Waals surface area contributed by atoms with Gasteiger partial charge in [0.25, 0.3) is 0 Å². The number of methoxy groups -OCH3 is 1. The van der Waals surface area contributed by atoms with Crippen LogP contribution in [-0.4, -0.2) is 45.0 Å². The quantitative estimate of drug-likeness (QED) is 0.912. The average molecular weight is 302 g/mol. The second-order valence-electron chi connectivity index (χ2n) is 5.36. The summed E-state index contributed by atoms with van der Waals surface area (Å²) in [4.78, 5) is -0.0502. The Labute approximate surface area is 118 Å². The number of piperazine rings is 1. The Kier molecular flexibility index (Phi) is 4.04. The summed E-state index contributed by atoms with van der Waals surface area (Å²) in [6.07, 6.45) is 0. The van der Waals surface area contributed by atoms with E-state index in [2.05, 4.69) is 5.32 Å². The second-order valence-corrected chi connectivity index (χ2v) is 7.23. The molecule has 0 saturated carbocycles. The molecule has 0 amide bonds. The maximum Gasteiger partial charge on any atom is 0.243 e. The first-order valence-corrected chi connectivity index (χ1v) is 7.80. The van der Waals surface area contributed by atoms with Gasteiger partial charge in [0.15, 0.2) is 11.6 Å². The Morgan fingerprint density at radius 1 is 1.40 bits per heavy atom. The van der Waals surface area contributed by atoms with E-state index < -0.39 is 21.4 Å². The van der Waals surface area contributed by atoms with Crippen molar-refractivity contribution in [2.45, 2.75) is 24.3 Å². The smallest absolute Gasteiger partial charge is 0.243 e. The van der Waals surface area contributed by atoms with Gasteiger partial charge >= 0.3 is 0 Å². The van der Waals surface area contributed by atoms with Crippen molar-refractivity contribution in [2.75, 3.05) is 26.7 Å². The van der Waals surface area contributed by atoms with Crippen molar-refractivity contribution in [1.29, 1.82) is 0 Å². The standard InChI is InChI=1S/C13H19FN2O3S/c1-13(2)9-15-6-7-16(13)20(17,18)10-4-5-12(19-3)11(14)8-10/h4-5,8,15H,6-7,9H2,1-3H3. The summed E-state index contributed by atoms with van der Waals surface area (Å²) in [6.45, 7) is 5.20. The van der Waals surface area contributed by atoms with Gasteiger partial charge in [-0.1, -0.05) is 0 Å². The minimum absolute atomic E-state index is 0.0310. The molecule has 1 aliphatic rings. The Balaban J connectivity index is 2.42. The number of ether oxygens (including phenoxy) is 1. The van der Waals surface area contributed by atoms with E-state index in [0.29, 0.717) is 19.6 Å². The molecule has 0 unspecified atom stereocenters. The van der Waals surface area contributed by atoms with Crippen molar-refractivity contribution in [1.82, 2.24) is 9.62 Å². The van der Waals surface area contributed by atoms with E-state index in [9.17, 15) is 12.8 Å². The van der Waals surface area contributed by atoms with Gasteiger partial charge in [-0.25, -0.2) is 12.8 Å². The number of rotatable bonds is 3. The molecule has 1 N–H and O–H groups in total. The molecule has 1 heterocycles. The molecule has 2 rings (SSSR count). The van der Waals surface area contributed by atoms with Crippen molar-refractivity contribution < 1.29 is 17.5 Å². The molecule has 0 bridgehead atoms. The summed E-state index contributed by atoms with van der Waals surface area (Å²) >= 11 is 0. The zero-order valence-electron chi connectivity index (χ0n) is 11.8. The van der Waals surface area contributed by atoms with Crippen LogP contribution in [0.25, 0.3) is 0 Å². The van der Waals surface area contributed by atoms with Gasteiger partial charge in [-0.3, -0.25) is 0 Å². The minimum Gasteiger partial charge on any atom is -0.494 e. The average Bonchev–Trinajstić information content (AvgIpc) is 2.37. The van der Waals surface area contributed by atoms with Gasteiger partial charge in [-0.05, 0) is 32.0 Å². The van der Waals surface area contributed by atoms with Gasteiger partial charge < -0.3 is 10.1 Å². The van der Waals surface area contributed by atoms with Crippen molar-refractivity contribution in [3.63, 3.8) is 0 Å². The molecule has 0 spiro atoms. The van der Waals surface area contributed by atoms with Crippen molar-refractivity contribution >= 4 is 10.0 Å². The molecule has 5 nitrogen and oxygen atoms in total. The Morgan fingerprint density at radius 3 is 2.65 bits per heavy atom. The lowest BCUT2D eigenvalue weighted by Gasteiger charge is -2.41. The second kappa shape index (κ2) is 5.31. The van der Waals surface area contributed by atoms with E-state index in [1.54, 1.807) is 0 Å². The van der Waals surface area contributed by atoms with Crippen LogP contribution in [-0.2, 0) is 10.0 Å². The molecule has 1 aliphatic heterocycles. The van der Waals surface area contributed by atoms with Crippen molar-refractivity contribution in [3.8, 4) is 5.75 Å². The fourth-order valence-corrected chi connectivity index (χ4v) is 4.14. The normalized spacial score (nSPS) is 19.8. The van der Waals surface area contributed by atoms with Crippen LogP contribution in [0.4, 0.5) is 4.39 Å². The molecule has 0 aliphatic carbocycles. The number of hydrogen-bond donors (Lipinski definition) is 1. The molecule has 1 aromatic rings. The van der Waals surface area contributed by atoms with Crippen LogP contribution in [0, 0.1) is 5.82 Å². The Morgan fingerprint density at radius 2 is 2.10 bits per heavy atom. The molecular formula is C13H19FN2O3S. The van der Waals surface area contributed by atoms with Crippen molar-refractivity contribution in [2.24, 2.45) is 0 Å². The maximum atomic E-state index is 13.7. The van der Waals surface area contributed by atoms with E-state index in [1.807, 2.05) is 13.8 Å². The molecule has 1 aromatic carbocycles. The minimum atomic E-state index is -3.72. The van der Waals surface area contributed by atoms with E-state index in [-0.39, 0.29) is 10.6 Å². The third kappa shape index (κ3) is 2.65. The van der Waals surface area contributed by atoms with Gasteiger partial charge in [0.05, 0.1) is 12.0 Å². The van der Waals surface area contributed by atoms with Gasteiger partial charge in [0.1, 0.15) is 0 Å². The molecule has 0 atom stereocenters. The first kappa shape index (κ1) is 15.2. The summed E-state index contributed by atoms with van der Waals surface area (Å²) < 4.78 is 45.2. The van der Waals surface area contributed by atoms with E-state index >= 15 is 0 Å². The SMILES string of the molecule is COc1ccc(S(=O)(=O)N2CCNCC2(C)C)cc1F. The fraction of sp³-hybridized carbons (Fsp3) is 0.538. The predicted molar refractivity (Wildman–Crippen MR) is 73.8 cm³/mol. The summed E-state index contributed by atoms with van der Waals surface area (Å²) in [5.41, 5.74) is -0.548. The van der Waals surface area contributed by atoms with Crippen LogP contribution in [0.15, 0.2) is 23.1 Å². The van der Waals surface area contributed by atoms with Crippen molar-refractivity contribution in [3.05, 3.63) is 24.0 Å². The highest BCUT2D eigenvalue weighted by molar-refractivity contribution is 7.89. The molecule has 1 fully saturated rings. The highest BCUT2D eigenvalue weighted by Crippen LogP contribution is 2.28. The molecule has 7 heteroatoms. The third-order valence-electron chi connectivity index (χ3n) is 3.44. The lowest BCUT2D eigenvalue weighted by Crippen LogP contribution is -2.59. The van der Waals surface area contributed by atoms with Crippen LogP contribution in [0.5, 0.6) is 5.75 Å². The Hall–Kier alpha value is -1.18. The third-order valence-corrected chi connectivity index (χ3v) is 5.54. The van der Waals surface area contributed by atoms with Crippen LogP contribution in [0.3, 0.4) is 0 Å². The number of nitrogens with zero attached hydrogens (tertiary/aromatic N) is 1. The van der Waals surface area contributed by atoms with Crippen LogP contribution in [0.2, 0.25) is 0 Å². The number of nitrogens with one attached hydrogen (secondary N) is 1. The summed E-state index contributed by atoms with van der Waals surface area (Å²) in [5.74, 6) is -0.648. The number of benzene rings is 1. The largest absolute Gasteiger partial charge is 0.494 e. The highest BCUT2D eigenvalue weighted by Gasteiger charge is 2.39. The number of halogens is 1. The first-order chi connectivity index (χ1) is 9.29. The highest BCUT2D eigenvalue weighted by atomic mass is 32.2. The molecule has 0 aromatic heterocycles. The zero-order valence-corrected chi connectivity index (χ0v) is 12.6. The van der Waals surface area contributed by atoms with Gasteiger partial charge in [-0.15, -0.1) is 0 Å². The van der Waals surface area contributed by atoms with Crippen LogP contribution < -0.4 is 10.1 Å². The lowest BCUT2D eigenvalue weighted by molar-refractivity contribution is 0.186. The molecule has 1 saturated heterocycles. The van der Waals surface area contributed by atoms with Gasteiger partial charge in [0.2, 0.25) is 10.0 Å². The first-order valence-electron chi connectivity index (χ1n) is 6.36. The number of sulfonamides is 1. The van der Waals surface area contributed by atoms with Crippen LogP contribution in [0.1, 0.15) is 13.8 Å². The molecule has 0 radical (unpaired) electrons. The lowest BCUT2D eigenvalue weighted by atomic mass is 10.0. The monoisotopic (exact) mass is 302 g/mol. The van der Waals surface area contributed by atoms with E-state index in [0.717, 1.165) is 6.07 Å². The van der Waals surface area contributed by atoms with Crippen LogP contribution >= 0.6 is 0 Å². The molecular weight excluding hydrogens is 283 g/mol. The molecule has 20 heavy (non-hydrogen) atoms. The number of hydrogen-bond acceptors (Lipinski definition) is 4. The van der Waals surface area contributed by atoms with Gasteiger partial charge in [0, 0.05) is 25.2 Å². The Bertz CT molecular complexity index is 602. The fourth-order valence-electron chi connectivity index (χ4n) is 2.35. The maximum absolute atomic E-state index is 13.7.